The van der Waals surface area contributed by atoms with E-state index in [9.17, 15) is 9.50 Å². The van der Waals surface area contributed by atoms with Gasteiger partial charge in [-0.25, -0.2) is 4.39 Å². The van der Waals surface area contributed by atoms with E-state index in [4.69, 9.17) is 4.74 Å². The summed E-state index contributed by atoms with van der Waals surface area (Å²) in [5, 5.41) is 15.8. The number of aliphatic hydroxyl groups is 1. The number of ether oxygens (including phenoxy) is 1. The third kappa shape index (κ3) is 4.56. The summed E-state index contributed by atoms with van der Waals surface area (Å²) in [5.74, 6) is 0.408. The van der Waals surface area contributed by atoms with Gasteiger partial charge in [0.05, 0.1) is 0 Å². The second-order valence-corrected chi connectivity index (χ2v) is 7.32. The van der Waals surface area contributed by atoms with Crippen LogP contribution in [0.5, 0.6) is 5.75 Å². The molecule has 0 bridgehead atoms. The summed E-state index contributed by atoms with van der Waals surface area (Å²) in [6, 6.07) is 10.8. The molecule has 3 rings (SSSR count). The number of halogens is 1. The molecule has 0 radical (unpaired) electrons. The highest BCUT2D eigenvalue weighted by atomic mass is 32.1. The van der Waals surface area contributed by atoms with Crippen LogP contribution in [0.2, 0.25) is 0 Å². The quantitative estimate of drug-likeness (QED) is 0.752. The highest BCUT2D eigenvalue weighted by molar-refractivity contribution is 7.10. The Morgan fingerprint density at radius 3 is 2.71 bits per heavy atom. The first-order valence-corrected chi connectivity index (χ1v) is 9.44. The molecule has 0 spiro atoms. The van der Waals surface area contributed by atoms with Gasteiger partial charge in [-0.1, -0.05) is 31.0 Å². The fourth-order valence-corrected chi connectivity index (χ4v) is 4.22. The molecule has 2 aromatic rings. The highest BCUT2D eigenvalue weighted by Crippen LogP contribution is 2.37. The minimum Gasteiger partial charge on any atom is -0.488 e. The Morgan fingerprint density at radius 2 is 2.00 bits per heavy atom. The number of nitrogens with one attached hydrogen (secondary N) is 1. The van der Waals surface area contributed by atoms with Crippen molar-refractivity contribution in [3.05, 3.63) is 52.5 Å². The Bertz CT molecular complexity index is 614. The molecule has 1 saturated carbocycles. The first-order chi connectivity index (χ1) is 11.7. The number of hydrogen-bond acceptors (Lipinski definition) is 4. The summed E-state index contributed by atoms with van der Waals surface area (Å²) in [4.78, 5) is 1.32. The van der Waals surface area contributed by atoms with Gasteiger partial charge in [0, 0.05) is 17.5 Å². The molecule has 1 aromatic carbocycles. The lowest BCUT2D eigenvalue weighted by atomic mass is 9.96. The van der Waals surface area contributed by atoms with Gasteiger partial charge in [0.1, 0.15) is 12.7 Å². The molecule has 1 heterocycles. The van der Waals surface area contributed by atoms with Crippen molar-refractivity contribution in [1.29, 1.82) is 0 Å². The summed E-state index contributed by atoms with van der Waals surface area (Å²) in [6.07, 6.45) is 4.36. The molecule has 1 aliphatic carbocycles. The summed E-state index contributed by atoms with van der Waals surface area (Å²) in [5.41, 5.74) is 0. The fourth-order valence-electron chi connectivity index (χ4n) is 3.33. The third-order valence-electron chi connectivity index (χ3n) is 4.56. The van der Waals surface area contributed by atoms with Crippen LogP contribution in [0.4, 0.5) is 4.39 Å². The number of aliphatic hydroxyl groups excluding tert-OH is 1. The second kappa shape index (κ2) is 8.60. The first-order valence-electron chi connectivity index (χ1n) is 8.56. The van der Waals surface area contributed by atoms with Crippen LogP contribution in [0.1, 0.15) is 36.6 Å². The van der Waals surface area contributed by atoms with Crippen molar-refractivity contribution >= 4 is 11.3 Å². The molecule has 24 heavy (non-hydrogen) atoms. The van der Waals surface area contributed by atoms with Gasteiger partial charge in [0.25, 0.3) is 0 Å². The Balaban J connectivity index is 1.51. The number of para-hydroxylation sites is 1. The molecule has 3 nitrogen and oxygen atoms in total. The van der Waals surface area contributed by atoms with Crippen molar-refractivity contribution in [3.63, 3.8) is 0 Å². The number of hydrogen-bond donors (Lipinski definition) is 2. The molecular weight excluding hydrogens is 325 g/mol. The smallest absolute Gasteiger partial charge is 0.165 e. The summed E-state index contributed by atoms with van der Waals surface area (Å²) in [6.45, 7) is 0.517. The summed E-state index contributed by atoms with van der Waals surface area (Å²) >= 11 is 1.76. The average Bonchev–Trinajstić information content (AvgIpc) is 3.28. The normalized spacial score (nSPS) is 17.8. The van der Waals surface area contributed by atoms with Crippen LogP contribution >= 0.6 is 11.3 Å². The maximum Gasteiger partial charge on any atom is 0.165 e. The zero-order valence-corrected chi connectivity index (χ0v) is 14.5. The summed E-state index contributed by atoms with van der Waals surface area (Å²) < 4.78 is 18.9. The lowest BCUT2D eigenvalue weighted by Gasteiger charge is -2.25. The van der Waals surface area contributed by atoms with E-state index in [0.717, 1.165) is 0 Å². The van der Waals surface area contributed by atoms with Gasteiger partial charge in [-0.05, 0) is 42.3 Å². The van der Waals surface area contributed by atoms with Crippen LogP contribution in [0.15, 0.2) is 41.8 Å². The monoisotopic (exact) mass is 349 g/mol. The van der Waals surface area contributed by atoms with E-state index in [0.29, 0.717) is 12.5 Å². The largest absolute Gasteiger partial charge is 0.488 e. The Morgan fingerprint density at radius 1 is 1.21 bits per heavy atom. The molecule has 130 valence electrons. The minimum absolute atomic E-state index is 0.0791. The first kappa shape index (κ1) is 17.4. The van der Waals surface area contributed by atoms with E-state index >= 15 is 0 Å². The van der Waals surface area contributed by atoms with Gasteiger partial charge in [-0.15, -0.1) is 11.3 Å². The lowest BCUT2D eigenvalue weighted by Crippen LogP contribution is -2.36. The molecule has 0 aliphatic heterocycles. The molecule has 1 aromatic heterocycles. The van der Waals surface area contributed by atoms with Gasteiger partial charge >= 0.3 is 0 Å². The van der Waals surface area contributed by atoms with E-state index in [1.54, 1.807) is 29.5 Å². The van der Waals surface area contributed by atoms with Crippen molar-refractivity contribution in [2.45, 2.75) is 37.8 Å². The zero-order valence-electron chi connectivity index (χ0n) is 13.7. The van der Waals surface area contributed by atoms with Crippen LogP contribution in [0, 0.1) is 11.7 Å². The number of thiophene rings is 1. The standard InChI is InChI=1S/C19H24FNO2S/c20-16-8-3-4-9-17(16)23-13-15(22)12-21-19(14-6-1-2-7-14)18-10-5-11-24-18/h3-5,8-11,14-15,19,21-22H,1-2,6-7,12-13H2. The maximum absolute atomic E-state index is 13.5. The second-order valence-electron chi connectivity index (χ2n) is 6.34. The Labute approximate surface area is 146 Å². The number of rotatable bonds is 8. The molecule has 0 saturated heterocycles. The lowest BCUT2D eigenvalue weighted by molar-refractivity contribution is 0.0988. The molecule has 1 aliphatic rings. The molecule has 2 unspecified atom stereocenters. The van der Waals surface area contributed by atoms with Gasteiger partial charge in [-0.3, -0.25) is 0 Å². The van der Waals surface area contributed by atoms with Gasteiger partial charge in [-0.2, -0.15) is 0 Å². The molecular formula is C19H24FNO2S. The topological polar surface area (TPSA) is 41.5 Å². The maximum atomic E-state index is 13.5. The summed E-state index contributed by atoms with van der Waals surface area (Å²) in [7, 11) is 0. The average molecular weight is 349 g/mol. The molecule has 5 heteroatoms. The van der Waals surface area contributed by atoms with E-state index < -0.39 is 11.9 Å². The molecule has 1 fully saturated rings. The van der Waals surface area contributed by atoms with E-state index in [1.807, 2.05) is 0 Å². The zero-order chi connectivity index (χ0) is 16.8. The Hall–Kier alpha value is -1.43. The minimum atomic E-state index is -0.673. The highest BCUT2D eigenvalue weighted by Gasteiger charge is 2.27. The molecule has 2 atom stereocenters. The molecule has 2 N–H and O–H groups in total. The van der Waals surface area contributed by atoms with Crippen molar-refractivity contribution in [1.82, 2.24) is 5.32 Å². The van der Waals surface area contributed by atoms with Crippen molar-refractivity contribution < 1.29 is 14.2 Å². The van der Waals surface area contributed by atoms with Crippen LogP contribution in [-0.4, -0.2) is 24.4 Å². The Kier molecular flexibility index (Phi) is 6.24. The molecule has 0 amide bonds. The van der Waals surface area contributed by atoms with Crippen LogP contribution in [0.25, 0.3) is 0 Å². The van der Waals surface area contributed by atoms with E-state index in [-0.39, 0.29) is 18.4 Å². The fraction of sp³-hybridized carbons (Fsp3) is 0.474. The SMILES string of the molecule is OC(CNC(c1cccs1)C1CCCC1)COc1ccccc1F. The van der Waals surface area contributed by atoms with Crippen molar-refractivity contribution in [2.75, 3.05) is 13.2 Å². The van der Waals surface area contributed by atoms with Crippen LogP contribution in [-0.2, 0) is 0 Å². The third-order valence-corrected chi connectivity index (χ3v) is 5.52. The number of benzene rings is 1. The van der Waals surface area contributed by atoms with Crippen LogP contribution in [0.3, 0.4) is 0 Å². The van der Waals surface area contributed by atoms with E-state index in [2.05, 4.69) is 22.8 Å². The van der Waals surface area contributed by atoms with Gasteiger partial charge in [0.2, 0.25) is 0 Å². The van der Waals surface area contributed by atoms with Crippen molar-refractivity contribution in [3.8, 4) is 5.75 Å². The predicted octanol–water partition coefficient (Wildman–Crippen LogP) is 4.15. The van der Waals surface area contributed by atoms with Crippen LogP contribution < -0.4 is 10.1 Å². The van der Waals surface area contributed by atoms with Gasteiger partial charge < -0.3 is 15.2 Å². The van der Waals surface area contributed by atoms with Gasteiger partial charge in [0.15, 0.2) is 11.6 Å². The van der Waals surface area contributed by atoms with E-state index in [1.165, 1.54) is 36.6 Å². The van der Waals surface area contributed by atoms with Crippen molar-refractivity contribution in [2.24, 2.45) is 5.92 Å². The predicted molar refractivity (Wildman–Crippen MR) is 94.9 cm³/mol.